The molecule has 0 saturated carbocycles. The van der Waals surface area contributed by atoms with Gasteiger partial charge in [0.05, 0.1) is 15.2 Å². The van der Waals surface area contributed by atoms with Gasteiger partial charge in [0.1, 0.15) is 4.90 Å². The highest BCUT2D eigenvalue weighted by Gasteiger charge is 2.24. The quantitative estimate of drug-likeness (QED) is 0.593. The first kappa shape index (κ1) is 16.7. The van der Waals surface area contributed by atoms with Crippen molar-refractivity contribution < 1.29 is 12.8 Å². The van der Waals surface area contributed by atoms with E-state index < -0.39 is 20.7 Å². The van der Waals surface area contributed by atoms with E-state index in [4.69, 9.17) is 17.3 Å². The Kier molecular flexibility index (Phi) is 4.94. The molecule has 0 aliphatic carbocycles. The van der Waals surface area contributed by atoms with Gasteiger partial charge in [0.15, 0.2) is 5.82 Å². The van der Waals surface area contributed by atoms with E-state index in [1.165, 1.54) is 11.3 Å². The summed E-state index contributed by atoms with van der Waals surface area (Å²) in [4.78, 5) is 0.289. The van der Waals surface area contributed by atoms with Gasteiger partial charge in [-0.05, 0) is 45.9 Å². The molecule has 0 aliphatic heterocycles. The summed E-state index contributed by atoms with van der Waals surface area (Å²) in [6.07, 6.45) is 0. The molecule has 0 spiro atoms. The summed E-state index contributed by atoms with van der Waals surface area (Å²) in [5.74, 6) is -1.03. The van der Waals surface area contributed by atoms with Crippen LogP contribution in [-0.2, 0) is 16.6 Å². The highest BCUT2D eigenvalue weighted by atomic mass is 79.9. The highest BCUT2D eigenvalue weighted by Crippen LogP contribution is 2.34. The number of halogens is 3. The van der Waals surface area contributed by atoms with E-state index in [0.29, 0.717) is 0 Å². The van der Waals surface area contributed by atoms with E-state index in [0.717, 1.165) is 16.5 Å². The van der Waals surface area contributed by atoms with Crippen LogP contribution in [0.3, 0.4) is 0 Å². The summed E-state index contributed by atoms with van der Waals surface area (Å²) in [6, 6.07) is 2.91. The van der Waals surface area contributed by atoms with E-state index in [1.54, 1.807) is 0 Å². The molecule has 2 aromatic rings. The zero-order valence-corrected chi connectivity index (χ0v) is 14.8. The van der Waals surface area contributed by atoms with Crippen LogP contribution in [0.15, 0.2) is 26.9 Å². The van der Waals surface area contributed by atoms with Gasteiger partial charge in [0, 0.05) is 11.4 Å². The minimum atomic E-state index is -4.05. The Morgan fingerprint density at radius 2 is 2.19 bits per heavy atom. The number of rotatable bonds is 4. The molecule has 0 amide bonds. The largest absolute Gasteiger partial charge is 0.395 e. The first-order valence-corrected chi connectivity index (χ1v) is 9.23. The van der Waals surface area contributed by atoms with Crippen molar-refractivity contribution in [2.24, 2.45) is 0 Å². The molecule has 0 unspecified atom stereocenters. The van der Waals surface area contributed by atoms with Crippen molar-refractivity contribution in [1.29, 1.82) is 0 Å². The lowest BCUT2D eigenvalue weighted by Gasteiger charge is -2.11. The second kappa shape index (κ2) is 6.21. The maximum absolute atomic E-state index is 14.1. The van der Waals surface area contributed by atoms with Gasteiger partial charge in [0.25, 0.3) is 0 Å². The Labute approximate surface area is 139 Å². The average molecular weight is 414 g/mol. The second-order valence-corrected chi connectivity index (χ2v) is 8.19. The van der Waals surface area contributed by atoms with Crippen molar-refractivity contribution in [3.8, 4) is 0 Å². The molecule has 9 heteroatoms. The molecule has 1 aromatic heterocycles. The monoisotopic (exact) mass is 412 g/mol. The number of nitrogens with two attached hydrogens (primary N) is 1. The van der Waals surface area contributed by atoms with Crippen LogP contribution in [0.4, 0.5) is 10.1 Å². The number of nitrogens with one attached hydrogen (secondary N) is 1. The molecule has 4 nitrogen and oxygen atoms in total. The van der Waals surface area contributed by atoms with Gasteiger partial charge in [-0.1, -0.05) is 11.6 Å². The van der Waals surface area contributed by atoms with Gasteiger partial charge in [-0.3, -0.25) is 0 Å². The van der Waals surface area contributed by atoms with Gasteiger partial charge in [-0.2, -0.15) is 0 Å². The van der Waals surface area contributed by atoms with E-state index in [2.05, 4.69) is 20.7 Å². The van der Waals surface area contributed by atoms with Crippen molar-refractivity contribution in [3.05, 3.63) is 43.3 Å². The van der Waals surface area contributed by atoms with Gasteiger partial charge in [-0.25, -0.2) is 17.5 Å². The van der Waals surface area contributed by atoms with Crippen LogP contribution in [-0.4, -0.2) is 8.42 Å². The molecule has 21 heavy (non-hydrogen) atoms. The lowest BCUT2D eigenvalue weighted by molar-refractivity contribution is 0.558. The van der Waals surface area contributed by atoms with Crippen LogP contribution >= 0.6 is 38.9 Å². The third-order valence-corrected chi connectivity index (χ3v) is 6.64. The normalized spacial score (nSPS) is 11.8. The Morgan fingerprint density at radius 1 is 1.52 bits per heavy atom. The van der Waals surface area contributed by atoms with Crippen molar-refractivity contribution in [1.82, 2.24) is 4.72 Å². The van der Waals surface area contributed by atoms with Gasteiger partial charge >= 0.3 is 0 Å². The number of sulfonamides is 1. The van der Waals surface area contributed by atoms with Crippen LogP contribution < -0.4 is 10.5 Å². The van der Waals surface area contributed by atoms with Crippen LogP contribution in [0, 0.1) is 12.7 Å². The van der Waals surface area contributed by atoms with E-state index in [1.807, 2.05) is 18.4 Å². The molecule has 0 fully saturated rings. The Morgan fingerprint density at radius 3 is 2.76 bits per heavy atom. The molecule has 0 atom stereocenters. The Balaban J connectivity index is 2.34. The maximum atomic E-state index is 14.1. The Bertz CT molecular complexity index is 793. The Hall–Kier alpha value is -0.670. The summed E-state index contributed by atoms with van der Waals surface area (Å²) in [5, 5.41) is 1.88. The second-order valence-electron chi connectivity index (χ2n) is 4.25. The third kappa shape index (κ3) is 3.40. The molecule has 3 N–H and O–H groups in total. The predicted octanol–water partition coefficient (Wildman–Crippen LogP) is 3.67. The molecule has 0 radical (unpaired) electrons. The fraction of sp³-hybridized carbons (Fsp3) is 0.167. The molecule has 114 valence electrons. The number of aryl methyl sites for hydroxylation is 1. The van der Waals surface area contributed by atoms with Crippen molar-refractivity contribution in [2.45, 2.75) is 18.4 Å². The summed E-state index contributed by atoms with van der Waals surface area (Å²) in [6.45, 7) is 1.95. The molecule has 2 rings (SSSR count). The fourth-order valence-corrected chi connectivity index (χ4v) is 4.23. The number of benzene rings is 1. The number of anilines is 1. The summed E-state index contributed by atoms with van der Waals surface area (Å²) in [7, 11) is -4.05. The summed E-state index contributed by atoms with van der Waals surface area (Å²) in [5.41, 5.74) is 6.13. The fourth-order valence-electron chi connectivity index (χ4n) is 1.62. The standard InChI is InChI=1S/C12H11BrClFN2O2S2/c1-6-2-3-20-8(6)5-17-21(18,19)9-4-7(14)10(13)12(16)11(9)15/h2-4,17H,5,16H2,1H3. The minimum absolute atomic E-state index is 0.0292. The third-order valence-electron chi connectivity index (χ3n) is 2.84. The van der Waals surface area contributed by atoms with Crippen molar-refractivity contribution in [3.63, 3.8) is 0 Å². The van der Waals surface area contributed by atoms with Gasteiger partial charge in [-0.15, -0.1) is 11.3 Å². The van der Waals surface area contributed by atoms with Crippen molar-refractivity contribution >= 4 is 54.6 Å². The molecule has 1 aromatic carbocycles. The van der Waals surface area contributed by atoms with Crippen LogP contribution in [0.25, 0.3) is 0 Å². The van der Waals surface area contributed by atoms with Gasteiger partial charge < -0.3 is 5.73 Å². The number of nitrogen functional groups attached to an aromatic ring is 1. The molecular weight excluding hydrogens is 403 g/mol. The summed E-state index contributed by atoms with van der Waals surface area (Å²) < 4.78 is 40.9. The molecule has 1 heterocycles. The van der Waals surface area contributed by atoms with Crippen molar-refractivity contribution in [2.75, 3.05) is 5.73 Å². The van der Waals surface area contributed by atoms with E-state index >= 15 is 0 Å². The van der Waals surface area contributed by atoms with Crippen LogP contribution in [0.1, 0.15) is 10.4 Å². The molecule has 0 aliphatic rings. The van der Waals surface area contributed by atoms with Gasteiger partial charge in [0.2, 0.25) is 10.0 Å². The van der Waals surface area contributed by atoms with E-state index in [-0.39, 0.29) is 21.7 Å². The van der Waals surface area contributed by atoms with Crippen LogP contribution in [0.2, 0.25) is 5.02 Å². The van der Waals surface area contributed by atoms with Crippen LogP contribution in [0.5, 0.6) is 0 Å². The minimum Gasteiger partial charge on any atom is -0.395 e. The maximum Gasteiger partial charge on any atom is 0.243 e. The zero-order chi connectivity index (χ0) is 15.8. The van der Waals surface area contributed by atoms with E-state index in [9.17, 15) is 12.8 Å². The predicted molar refractivity (Wildman–Crippen MR) is 86.6 cm³/mol. The zero-order valence-electron chi connectivity index (χ0n) is 10.8. The number of hydrogen-bond acceptors (Lipinski definition) is 4. The first-order chi connectivity index (χ1) is 9.74. The lowest BCUT2D eigenvalue weighted by atomic mass is 10.3. The number of thiophene rings is 1. The average Bonchev–Trinajstić information content (AvgIpc) is 2.83. The highest BCUT2D eigenvalue weighted by molar-refractivity contribution is 9.10. The lowest BCUT2D eigenvalue weighted by Crippen LogP contribution is -2.24. The molecule has 0 saturated heterocycles. The molecule has 0 bridgehead atoms. The summed E-state index contributed by atoms with van der Waals surface area (Å²) >= 11 is 10.3. The smallest absolute Gasteiger partial charge is 0.243 e. The first-order valence-electron chi connectivity index (χ1n) is 5.69. The number of hydrogen-bond donors (Lipinski definition) is 2. The molecular formula is C12H11BrClFN2O2S2. The topological polar surface area (TPSA) is 72.2 Å². The SMILES string of the molecule is Cc1ccsc1CNS(=O)(=O)c1cc(Cl)c(Br)c(N)c1F.